The molecule has 100 valence electrons. The largest absolute Gasteiger partial charge is 0.341 e. The molecule has 1 saturated heterocycles. The normalized spacial score (nSPS) is 17.2. The van der Waals surface area contributed by atoms with Crippen LogP contribution < -0.4 is 5.32 Å². The molecular weight excluding hydrogens is 228 g/mol. The van der Waals surface area contributed by atoms with E-state index < -0.39 is 0 Å². The maximum atomic E-state index is 12.2. The Morgan fingerprint density at radius 2 is 2.11 bits per heavy atom. The van der Waals surface area contributed by atoms with E-state index in [0.717, 1.165) is 37.3 Å². The number of aromatic nitrogens is 2. The highest BCUT2D eigenvalue weighted by Gasteiger charge is 2.22. The van der Waals surface area contributed by atoms with Gasteiger partial charge < -0.3 is 10.2 Å². The number of nitrogens with zero attached hydrogens (tertiary/aromatic N) is 3. The molecule has 0 unspecified atom stereocenters. The van der Waals surface area contributed by atoms with Gasteiger partial charge in [0.15, 0.2) is 0 Å². The maximum absolute atomic E-state index is 12.2. The van der Waals surface area contributed by atoms with Gasteiger partial charge in [-0.2, -0.15) is 5.10 Å². The topological polar surface area (TPSA) is 50.2 Å². The van der Waals surface area contributed by atoms with Gasteiger partial charge in [-0.25, -0.2) is 0 Å². The summed E-state index contributed by atoms with van der Waals surface area (Å²) in [7, 11) is 1.98. The Hall–Kier alpha value is -1.36. The first-order valence-electron chi connectivity index (χ1n) is 6.56. The number of piperidine rings is 1. The number of aryl methyl sites for hydroxylation is 2. The van der Waals surface area contributed by atoms with Gasteiger partial charge in [0.1, 0.15) is 6.54 Å². The lowest BCUT2D eigenvalue weighted by molar-refractivity contribution is -0.133. The Morgan fingerprint density at radius 1 is 1.44 bits per heavy atom. The van der Waals surface area contributed by atoms with Crippen LogP contribution in [0.2, 0.25) is 0 Å². The third-order valence-corrected chi connectivity index (χ3v) is 3.64. The summed E-state index contributed by atoms with van der Waals surface area (Å²) >= 11 is 0. The fourth-order valence-corrected chi connectivity index (χ4v) is 2.48. The predicted octanol–water partition coefficient (Wildman–Crippen LogP) is 0.710. The molecule has 2 heterocycles. The molecule has 1 amide bonds. The molecule has 1 aliphatic heterocycles. The minimum Gasteiger partial charge on any atom is -0.341 e. The van der Waals surface area contributed by atoms with Crippen molar-refractivity contribution in [1.82, 2.24) is 20.0 Å². The molecule has 0 bridgehead atoms. The van der Waals surface area contributed by atoms with Gasteiger partial charge in [0, 0.05) is 24.8 Å². The SMILES string of the molecule is CNC1CCN(C(=O)Cn2nc(C)cc2C)CC1. The third kappa shape index (κ3) is 2.90. The molecule has 1 N–H and O–H groups in total. The standard InChI is InChI=1S/C13H22N4O/c1-10-8-11(2)17(15-10)9-13(18)16-6-4-12(14-3)5-7-16/h8,12,14H,4-7,9H2,1-3H3. The predicted molar refractivity (Wildman–Crippen MR) is 70.4 cm³/mol. The van der Waals surface area contributed by atoms with E-state index in [4.69, 9.17) is 0 Å². The van der Waals surface area contributed by atoms with Crippen LogP contribution in [0, 0.1) is 13.8 Å². The molecule has 0 radical (unpaired) electrons. The number of rotatable bonds is 3. The molecule has 0 atom stereocenters. The minimum atomic E-state index is 0.177. The Labute approximate surface area is 108 Å². The van der Waals surface area contributed by atoms with Crippen molar-refractivity contribution in [3.05, 3.63) is 17.5 Å². The molecule has 1 fully saturated rings. The lowest BCUT2D eigenvalue weighted by atomic mass is 10.1. The summed E-state index contributed by atoms with van der Waals surface area (Å²) in [6, 6.07) is 2.56. The Bertz CT molecular complexity index is 419. The zero-order chi connectivity index (χ0) is 13.1. The summed E-state index contributed by atoms with van der Waals surface area (Å²) in [4.78, 5) is 14.1. The van der Waals surface area contributed by atoms with Gasteiger partial charge in [-0.3, -0.25) is 9.48 Å². The van der Waals surface area contributed by atoms with Crippen molar-refractivity contribution in [2.75, 3.05) is 20.1 Å². The van der Waals surface area contributed by atoms with E-state index >= 15 is 0 Å². The highest BCUT2D eigenvalue weighted by molar-refractivity contribution is 5.76. The number of likely N-dealkylation sites (tertiary alicyclic amines) is 1. The molecule has 0 aliphatic carbocycles. The molecule has 2 rings (SSSR count). The highest BCUT2D eigenvalue weighted by atomic mass is 16.2. The van der Waals surface area contributed by atoms with Crippen molar-refractivity contribution in [2.24, 2.45) is 0 Å². The summed E-state index contributed by atoms with van der Waals surface area (Å²) < 4.78 is 1.79. The van der Waals surface area contributed by atoms with E-state index in [2.05, 4.69) is 10.4 Å². The van der Waals surface area contributed by atoms with Crippen LogP contribution in [-0.2, 0) is 11.3 Å². The Morgan fingerprint density at radius 3 is 2.61 bits per heavy atom. The molecule has 1 aromatic rings. The second-order valence-electron chi connectivity index (χ2n) is 5.03. The van der Waals surface area contributed by atoms with Crippen LogP contribution in [0.15, 0.2) is 6.07 Å². The van der Waals surface area contributed by atoms with Crippen LogP contribution in [0.5, 0.6) is 0 Å². The van der Waals surface area contributed by atoms with Gasteiger partial charge in [-0.05, 0) is 39.8 Å². The second-order valence-corrected chi connectivity index (χ2v) is 5.03. The van der Waals surface area contributed by atoms with E-state index in [-0.39, 0.29) is 5.91 Å². The van der Waals surface area contributed by atoms with Gasteiger partial charge in [0.2, 0.25) is 5.91 Å². The zero-order valence-corrected chi connectivity index (χ0v) is 11.4. The Kier molecular flexibility index (Phi) is 4.01. The van der Waals surface area contributed by atoms with Crippen molar-refractivity contribution in [2.45, 2.75) is 39.3 Å². The zero-order valence-electron chi connectivity index (χ0n) is 11.4. The summed E-state index contributed by atoms with van der Waals surface area (Å²) in [5.41, 5.74) is 2.01. The number of nitrogens with one attached hydrogen (secondary N) is 1. The Balaban J connectivity index is 1.91. The first-order valence-corrected chi connectivity index (χ1v) is 6.56. The number of carbonyl (C=O) groups excluding carboxylic acids is 1. The van der Waals surface area contributed by atoms with Gasteiger partial charge in [-0.15, -0.1) is 0 Å². The van der Waals surface area contributed by atoms with Crippen molar-refractivity contribution in [3.8, 4) is 0 Å². The van der Waals surface area contributed by atoms with Gasteiger partial charge in [-0.1, -0.05) is 0 Å². The highest BCUT2D eigenvalue weighted by Crippen LogP contribution is 2.11. The van der Waals surface area contributed by atoms with Gasteiger partial charge >= 0.3 is 0 Å². The second kappa shape index (κ2) is 5.52. The van der Waals surface area contributed by atoms with Crippen LogP contribution in [0.3, 0.4) is 0 Å². The summed E-state index contributed by atoms with van der Waals surface area (Å²) in [5.74, 6) is 0.177. The molecule has 0 saturated carbocycles. The molecule has 0 spiro atoms. The van der Waals surface area contributed by atoms with E-state index in [9.17, 15) is 4.79 Å². The number of hydrogen-bond donors (Lipinski definition) is 1. The van der Waals surface area contributed by atoms with Crippen molar-refractivity contribution in [1.29, 1.82) is 0 Å². The lowest BCUT2D eigenvalue weighted by Gasteiger charge is -2.31. The molecule has 5 nitrogen and oxygen atoms in total. The summed E-state index contributed by atoms with van der Waals surface area (Å²) in [6.07, 6.45) is 2.08. The first kappa shape index (κ1) is 13.1. The van der Waals surface area contributed by atoms with Crippen molar-refractivity contribution < 1.29 is 4.79 Å². The van der Waals surface area contributed by atoms with Gasteiger partial charge in [0.25, 0.3) is 0 Å². The number of hydrogen-bond acceptors (Lipinski definition) is 3. The van der Waals surface area contributed by atoms with E-state index in [0.29, 0.717) is 12.6 Å². The van der Waals surface area contributed by atoms with Crippen LogP contribution in [0.4, 0.5) is 0 Å². The van der Waals surface area contributed by atoms with Gasteiger partial charge in [0.05, 0.1) is 5.69 Å². The third-order valence-electron chi connectivity index (χ3n) is 3.64. The van der Waals surface area contributed by atoms with E-state index in [1.54, 1.807) is 4.68 Å². The molecular formula is C13H22N4O. The lowest BCUT2D eigenvalue weighted by Crippen LogP contribution is -2.45. The van der Waals surface area contributed by atoms with Crippen LogP contribution in [0.25, 0.3) is 0 Å². The molecule has 1 aromatic heterocycles. The van der Waals surface area contributed by atoms with Crippen molar-refractivity contribution in [3.63, 3.8) is 0 Å². The molecule has 0 aromatic carbocycles. The van der Waals surface area contributed by atoms with E-state index in [1.807, 2.05) is 31.9 Å². The summed E-state index contributed by atoms with van der Waals surface area (Å²) in [5, 5.41) is 7.60. The monoisotopic (exact) mass is 250 g/mol. The molecule has 1 aliphatic rings. The fraction of sp³-hybridized carbons (Fsp3) is 0.692. The summed E-state index contributed by atoms with van der Waals surface area (Å²) in [6.45, 7) is 6.00. The van der Waals surface area contributed by atoms with Crippen LogP contribution >= 0.6 is 0 Å². The average molecular weight is 250 g/mol. The average Bonchev–Trinajstić information content (AvgIpc) is 2.68. The molecule has 18 heavy (non-hydrogen) atoms. The quantitative estimate of drug-likeness (QED) is 0.859. The van der Waals surface area contributed by atoms with Crippen molar-refractivity contribution >= 4 is 5.91 Å². The number of amides is 1. The maximum Gasteiger partial charge on any atom is 0.244 e. The van der Waals surface area contributed by atoms with E-state index in [1.165, 1.54) is 0 Å². The number of carbonyl (C=O) groups is 1. The van der Waals surface area contributed by atoms with Crippen LogP contribution in [0.1, 0.15) is 24.2 Å². The molecule has 5 heteroatoms. The smallest absolute Gasteiger partial charge is 0.244 e. The van der Waals surface area contributed by atoms with Crippen LogP contribution in [-0.4, -0.2) is 46.8 Å². The fourth-order valence-electron chi connectivity index (χ4n) is 2.48. The minimum absolute atomic E-state index is 0.177. The first-order chi connectivity index (χ1) is 8.60.